The standard InChI is InChI=1S/C14H21N3O4S2/c18-13(8-15-23(19,20)14-4-3-7-22-14)16-11-9-21-10-12(11)17-5-1-2-6-17/h3-4,7,11-12,15H,1-2,5-6,8-10H2,(H,16,18)/t11-,12-/m1/s1. The lowest BCUT2D eigenvalue weighted by atomic mass is 10.1. The zero-order valence-corrected chi connectivity index (χ0v) is 14.4. The van der Waals surface area contributed by atoms with E-state index in [0.717, 1.165) is 24.4 Å². The van der Waals surface area contributed by atoms with Gasteiger partial charge in [0.05, 0.1) is 31.8 Å². The number of likely N-dealkylation sites (tertiary alicyclic amines) is 1. The van der Waals surface area contributed by atoms with E-state index in [-0.39, 0.29) is 28.7 Å². The number of ether oxygens (including phenoxy) is 1. The van der Waals surface area contributed by atoms with E-state index in [1.54, 1.807) is 11.4 Å². The number of carbonyl (C=O) groups excluding carboxylic acids is 1. The fourth-order valence-corrected chi connectivity index (χ4v) is 5.04. The fourth-order valence-electron chi connectivity index (χ4n) is 3.02. The normalized spacial score (nSPS) is 25.7. The first-order valence-electron chi connectivity index (χ1n) is 7.70. The molecule has 0 radical (unpaired) electrons. The molecule has 0 aliphatic carbocycles. The van der Waals surface area contributed by atoms with Crippen molar-refractivity contribution < 1.29 is 17.9 Å². The van der Waals surface area contributed by atoms with Gasteiger partial charge in [0.2, 0.25) is 5.91 Å². The van der Waals surface area contributed by atoms with Gasteiger partial charge in [-0.1, -0.05) is 6.07 Å². The van der Waals surface area contributed by atoms with Crippen LogP contribution >= 0.6 is 11.3 Å². The van der Waals surface area contributed by atoms with Crippen molar-refractivity contribution in [3.8, 4) is 0 Å². The molecular formula is C14H21N3O4S2. The van der Waals surface area contributed by atoms with E-state index in [1.807, 2.05) is 0 Å². The first-order valence-corrected chi connectivity index (χ1v) is 10.1. The Morgan fingerprint density at radius 1 is 1.35 bits per heavy atom. The second-order valence-corrected chi connectivity index (χ2v) is 8.72. The molecular weight excluding hydrogens is 338 g/mol. The minimum atomic E-state index is -3.61. The van der Waals surface area contributed by atoms with Crippen molar-refractivity contribution in [1.82, 2.24) is 14.9 Å². The third-order valence-electron chi connectivity index (χ3n) is 4.19. The highest BCUT2D eigenvalue weighted by Gasteiger charge is 2.35. The molecule has 23 heavy (non-hydrogen) atoms. The van der Waals surface area contributed by atoms with Crippen LogP contribution in [0.15, 0.2) is 21.7 Å². The molecule has 3 rings (SSSR count). The summed E-state index contributed by atoms with van der Waals surface area (Å²) >= 11 is 1.12. The Kier molecular flexibility index (Phi) is 5.32. The van der Waals surface area contributed by atoms with Crippen LogP contribution in [-0.4, -0.2) is 64.2 Å². The van der Waals surface area contributed by atoms with Crippen LogP contribution in [0.4, 0.5) is 0 Å². The number of amides is 1. The van der Waals surface area contributed by atoms with Crippen LogP contribution < -0.4 is 10.0 Å². The average Bonchev–Trinajstić information content (AvgIpc) is 3.25. The highest BCUT2D eigenvalue weighted by molar-refractivity contribution is 7.91. The maximum Gasteiger partial charge on any atom is 0.250 e. The van der Waals surface area contributed by atoms with Crippen LogP contribution in [0.1, 0.15) is 12.8 Å². The lowest BCUT2D eigenvalue weighted by Crippen LogP contribution is -2.52. The van der Waals surface area contributed by atoms with Gasteiger partial charge in [-0.15, -0.1) is 11.3 Å². The summed E-state index contributed by atoms with van der Waals surface area (Å²) in [5.41, 5.74) is 0. The predicted octanol–water partition coefficient (Wildman–Crippen LogP) is 0.00580. The Morgan fingerprint density at radius 3 is 2.83 bits per heavy atom. The molecule has 2 aliphatic rings. The van der Waals surface area contributed by atoms with Gasteiger partial charge in [-0.25, -0.2) is 13.1 Å². The quantitative estimate of drug-likeness (QED) is 0.747. The van der Waals surface area contributed by atoms with Gasteiger partial charge < -0.3 is 10.1 Å². The summed E-state index contributed by atoms with van der Waals surface area (Å²) in [6, 6.07) is 3.29. The predicted molar refractivity (Wildman–Crippen MR) is 86.9 cm³/mol. The zero-order chi connectivity index (χ0) is 16.3. The van der Waals surface area contributed by atoms with E-state index in [2.05, 4.69) is 14.9 Å². The SMILES string of the molecule is O=C(CNS(=O)(=O)c1cccs1)N[C@@H]1COC[C@H]1N1CCCC1. The minimum Gasteiger partial charge on any atom is -0.378 e. The Labute approximate surface area is 140 Å². The van der Waals surface area contributed by atoms with Gasteiger partial charge in [-0.05, 0) is 37.4 Å². The Morgan fingerprint density at radius 2 is 2.13 bits per heavy atom. The maximum atomic E-state index is 12.1. The summed E-state index contributed by atoms with van der Waals surface area (Å²) in [6.45, 7) is 2.90. The minimum absolute atomic E-state index is 0.0770. The summed E-state index contributed by atoms with van der Waals surface area (Å²) in [5, 5.41) is 4.58. The Bertz CT molecular complexity index is 626. The average molecular weight is 359 g/mol. The molecule has 9 heteroatoms. The molecule has 3 heterocycles. The molecule has 7 nitrogen and oxygen atoms in total. The van der Waals surface area contributed by atoms with Gasteiger partial charge in [0.1, 0.15) is 4.21 Å². The summed E-state index contributed by atoms with van der Waals surface area (Å²) in [4.78, 5) is 14.4. The monoisotopic (exact) mass is 359 g/mol. The third kappa shape index (κ3) is 4.10. The van der Waals surface area contributed by atoms with Crippen molar-refractivity contribution >= 4 is 27.3 Å². The van der Waals surface area contributed by atoms with E-state index in [9.17, 15) is 13.2 Å². The number of sulfonamides is 1. The van der Waals surface area contributed by atoms with E-state index in [1.165, 1.54) is 18.9 Å². The number of carbonyl (C=O) groups is 1. The van der Waals surface area contributed by atoms with Crippen molar-refractivity contribution in [2.24, 2.45) is 0 Å². The Hall–Kier alpha value is -1.00. The summed E-state index contributed by atoms with van der Waals surface area (Å²) in [7, 11) is -3.61. The number of hydrogen-bond acceptors (Lipinski definition) is 6. The van der Waals surface area contributed by atoms with Gasteiger partial charge in [-0.2, -0.15) is 0 Å². The number of nitrogens with one attached hydrogen (secondary N) is 2. The topological polar surface area (TPSA) is 87.7 Å². The zero-order valence-electron chi connectivity index (χ0n) is 12.7. The second-order valence-electron chi connectivity index (χ2n) is 5.78. The molecule has 1 aromatic rings. The first kappa shape index (κ1) is 16.8. The highest BCUT2D eigenvalue weighted by Crippen LogP contribution is 2.19. The molecule has 128 valence electrons. The summed E-state index contributed by atoms with van der Waals surface area (Å²) < 4.78 is 32.0. The van der Waals surface area contributed by atoms with Crippen molar-refractivity contribution in [2.75, 3.05) is 32.8 Å². The number of thiophene rings is 1. The van der Waals surface area contributed by atoms with E-state index >= 15 is 0 Å². The summed E-state index contributed by atoms with van der Waals surface area (Å²) in [6.07, 6.45) is 2.36. The second kappa shape index (κ2) is 7.27. The largest absolute Gasteiger partial charge is 0.378 e. The molecule has 0 saturated carbocycles. The lowest BCUT2D eigenvalue weighted by Gasteiger charge is -2.27. The van der Waals surface area contributed by atoms with Crippen LogP contribution in [-0.2, 0) is 19.6 Å². The van der Waals surface area contributed by atoms with Crippen molar-refractivity contribution in [3.05, 3.63) is 17.5 Å². The van der Waals surface area contributed by atoms with Crippen LogP contribution in [0.25, 0.3) is 0 Å². The smallest absolute Gasteiger partial charge is 0.250 e. The van der Waals surface area contributed by atoms with Crippen LogP contribution in [0.5, 0.6) is 0 Å². The molecule has 2 atom stereocenters. The van der Waals surface area contributed by atoms with Crippen molar-refractivity contribution in [1.29, 1.82) is 0 Å². The van der Waals surface area contributed by atoms with Crippen LogP contribution in [0.3, 0.4) is 0 Å². The van der Waals surface area contributed by atoms with Gasteiger partial charge in [0.25, 0.3) is 10.0 Å². The first-order chi connectivity index (χ1) is 11.1. The van der Waals surface area contributed by atoms with E-state index in [4.69, 9.17) is 4.74 Å². The molecule has 2 fully saturated rings. The molecule has 2 saturated heterocycles. The van der Waals surface area contributed by atoms with Gasteiger partial charge in [0, 0.05) is 0 Å². The fraction of sp³-hybridized carbons (Fsp3) is 0.643. The number of hydrogen-bond donors (Lipinski definition) is 2. The Balaban J connectivity index is 1.51. The molecule has 1 aromatic heterocycles. The van der Waals surface area contributed by atoms with Crippen LogP contribution in [0, 0.1) is 0 Å². The highest BCUT2D eigenvalue weighted by atomic mass is 32.2. The lowest BCUT2D eigenvalue weighted by molar-refractivity contribution is -0.120. The number of rotatable bonds is 6. The molecule has 1 amide bonds. The molecule has 0 bridgehead atoms. The van der Waals surface area contributed by atoms with Crippen LogP contribution in [0.2, 0.25) is 0 Å². The van der Waals surface area contributed by atoms with Crippen molar-refractivity contribution in [3.63, 3.8) is 0 Å². The molecule has 0 unspecified atom stereocenters. The molecule has 2 aliphatic heterocycles. The van der Waals surface area contributed by atoms with E-state index < -0.39 is 10.0 Å². The van der Waals surface area contributed by atoms with Gasteiger partial charge >= 0.3 is 0 Å². The summed E-state index contributed by atoms with van der Waals surface area (Å²) in [5.74, 6) is -0.329. The third-order valence-corrected chi connectivity index (χ3v) is 6.99. The molecule has 2 N–H and O–H groups in total. The van der Waals surface area contributed by atoms with Gasteiger partial charge in [0.15, 0.2) is 0 Å². The van der Waals surface area contributed by atoms with Crippen molar-refractivity contribution in [2.45, 2.75) is 29.1 Å². The van der Waals surface area contributed by atoms with E-state index in [0.29, 0.717) is 13.2 Å². The molecule has 0 aromatic carbocycles. The maximum absolute atomic E-state index is 12.1. The van der Waals surface area contributed by atoms with Gasteiger partial charge in [-0.3, -0.25) is 9.69 Å². The number of nitrogens with zero attached hydrogens (tertiary/aromatic N) is 1. The molecule has 0 spiro atoms.